The smallest absolute Gasteiger partial charge is 0.252 e. The number of hydrogen-bond donors (Lipinski definition) is 1. The number of benzene rings is 2. The lowest BCUT2D eigenvalue weighted by Gasteiger charge is -2.30. The summed E-state index contributed by atoms with van der Waals surface area (Å²) in [6, 6.07) is 13.9. The van der Waals surface area contributed by atoms with Crippen molar-refractivity contribution in [1.82, 2.24) is 5.32 Å². The Morgan fingerprint density at radius 2 is 1.87 bits per heavy atom. The molecule has 4 atom stereocenters. The molecular formula is C22H19BrClN3O3. The molecule has 0 saturated carbocycles. The van der Waals surface area contributed by atoms with Gasteiger partial charge in [0, 0.05) is 34.2 Å². The standard InChI is InChI=1S/C22H19BrClN3O3/c1-12-17-18(20(29)27(19(17)28)14-6-4-5-13(24)11-14)22(25-12)15-7-2-3-8-16(15)26(10-9-23)21(22)30/h2-8,11-12,17-18,25H,9-10H2,1H3/t12-,17+,18+,22-/m0/s1. The van der Waals surface area contributed by atoms with Crippen LogP contribution in [0.1, 0.15) is 12.5 Å². The van der Waals surface area contributed by atoms with E-state index in [0.29, 0.717) is 22.6 Å². The maximum absolute atomic E-state index is 13.8. The zero-order valence-corrected chi connectivity index (χ0v) is 18.5. The SMILES string of the molecule is C[C@@H]1N[C@]2(C(=O)N(CCBr)c3ccccc32)[C@H]2C(=O)N(c3cccc(Cl)c3)C(=O)[C@H]12. The third kappa shape index (κ3) is 2.43. The summed E-state index contributed by atoms with van der Waals surface area (Å²) in [5.74, 6) is -2.29. The van der Waals surface area contributed by atoms with Crippen LogP contribution in [0.15, 0.2) is 48.5 Å². The molecule has 3 aliphatic rings. The molecule has 2 aromatic carbocycles. The Bertz CT molecular complexity index is 1090. The van der Waals surface area contributed by atoms with E-state index in [1.54, 1.807) is 29.2 Å². The number of amides is 3. The highest BCUT2D eigenvalue weighted by atomic mass is 79.9. The Kier molecular flexibility index (Phi) is 4.54. The molecule has 1 spiro atoms. The summed E-state index contributed by atoms with van der Waals surface area (Å²) in [7, 11) is 0. The van der Waals surface area contributed by atoms with Crippen molar-refractivity contribution >= 4 is 56.6 Å². The first-order chi connectivity index (χ1) is 14.4. The maximum atomic E-state index is 13.8. The summed E-state index contributed by atoms with van der Waals surface area (Å²) >= 11 is 9.52. The van der Waals surface area contributed by atoms with Gasteiger partial charge in [0.15, 0.2) is 0 Å². The molecule has 2 fully saturated rings. The van der Waals surface area contributed by atoms with Gasteiger partial charge in [-0.2, -0.15) is 0 Å². The lowest BCUT2D eigenvalue weighted by Crippen LogP contribution is -2.55. The van der Waals surface area contributed by atoms with Gasteiger partial charge in [-0.05, 0) is 31.2 Å². The van der Waals surface area contributed by atoms with Crippen molar-refractivity contribution in [2.45, 2.75) is 18.5 Å². The second-order valence-electron chi connectivity index (χ2n) is 7.90. The zero-order valence-electron chi connectivity index (χ0n) is 16.1. The van der Waals surface area contributed by atoms with Crippen LogP contribution in [0.5, 0.6) is 0 Å². The first-order valence-electron chi connectivity index (χ1n) is 9.80. The number of para-hydroxylation sites is 1. The first-order valence-corrected chi connectivity index (χ1v) is 11.3. The molecule has 0 bridgehead atoms. The van der Waals surface area contributed by atoms with Gasteiger partial charge in [0.05, 0.1) is 17.5 Å². The molecule has 0 aromatic heterocycles. The van der Waals surface area contributed by atoms with Crippen LogP contribution in [0, 0.1) is 11.8 Å². The van der Waals surface area contributed by atoms with Crippen molar-refractivity contribution in [2.24, 2.45) is 11.8 Å². The van der Waals surface area contributed by atoms with Crippen LogP contribution in [0.25, 0.3) is 0 Å². The lowest BCUT2D eigenvalue weighted by atomic mass is 9.76. The van der Waals surface area contributed by atoms with E-state index in [1.165, 1.54) is 4.90 Å². The Hall–Kier alpha value is -2.22. The van der Waals surface area contributed by atoms with Gasteiger partial charge in [0.25, 0.3) is 5.91 Å². The van der Waals surface area contributed by atoms with E-state index in [-0.39, 0.29) is 23.8 Å². The van der Waals surface area contributed by atoms with Crippen molar-refractivity contribution in [1.29, 1.82) is 0 Å². The summed E-state index contributed by atoms with van der Waals surface area (Å²) in [6.07, 6.45) is 0. The van der Waals surface area contributed by atoms with E-state index >= 15 is 0 Å². The lowest BCUT2D eigenvalue weighted by molar-refractivity contribution is -0.132. The van der Waals surface area contributed by atoms with Gasteiger partial charge in [-0.25, -0.2) is 4.90 Å². The van der Waals surface area contributed by atoms with Crippen molar-refractivity contribution in [2.75, 3.05) is 21.7 Å². The molecule has 0 aliphatic carbocycles. The third-order valence-electron chi connectivity index (χ3n) is 6.39. The largest absolute Gasteiger partial charge is 0.309 e. The maximum Gasteiger partial charge on any atom is 0.252 e. The van der Waals surface area contributed by atoms with Crippen molar-refractivity contribution in [3.05, 3.63) is 59.1 Å². The molecular weight excluding hydrogens is 470 g/mol. The number of imide groups is 1. The van der Waals surface area contributed by atoms with Crippen molar-refractivity contribution in [3.8, 4) is 0 Å². The molecule has 3 amide bonds. The molecule has 3 heterocycles. The highest BCUT2D eigenvalue weighted by molar-refractivity contribution is 9.09. The monoisotopic (exact) mass is 487 g/mol. The fourth-order valence-electron chi connectivity index (χ4n) is 5.28. The van der Waals surface area contributed by atoms with E-state index in [9.17, 15) is 14.4 Å². The van der Waals surface area contributed by atoms with Crippen LogP contribution in [0.3, 0.4) is 0 Å². The average Bonchev–Trinajstić information content (AvgIpc) is 3.27. The predicted octanol–water partition coefficient (Wildman–Crippen LogP) is 3.07. The first kappa shape index (κ1) is 19.7. The molecule has 2 saturated heterocycles. The number of carbonyl (C=O) groups excluding carboxylic acids is 3. The van der Waals surface area contributed by atoms with Gasteiger partial charge in [-0.1, -0.05) is 51.8 Å². The summed E-state index contributed by atoms with van der Waals surface area (Å²) in [4.78, 5) is 43.7. The van der Waals surface area contributed by atoms with Gasteiger partial charge in [-0.3, -0.25) is 19.7 Å². The van der Waals surface area contributed by atoms with Crippen LogP contribution >= 0.6 is 27.5 Å². The topological polar surface area (TPSA) is 69.7 Å². The van der Waals surface area contributed by atoms with Gasteiger partial charge >= 0.3 is 0 Å². The second kappa shape index (κ2) is 6.90. The fraction of sp³-hybridized carbons (Fsp3) is 0.318. The van der Waals surface area contributed by atoms with Gasteiger partial charge in [-0.15, -0.1) is 0 Å². The molecule has 154 valence electrons. The van der Waals surface area contributed by atoms with E-state index in [0.717, 1.165) is 11.3 Å². The number of hydrogen-bond acceptors (Lipinski definition) is 4. The Labute approximate surface area is 187 Å². The molecule has 0 unspecified atom stereocenters. The predicted molar refractivity (Wildman–Crippen MR) is 118 cm³/mol. The van der Waals surface area contributed by atoms with Gasteiger partial charge in [0.1, 0.15) is 5.54 Å². The summed E-state index contributed by atoms with van der Waals surface area (Å²) < 4.78 is 0. The van der Waals surface area contributed by atoms with E-state index in [2.05, 4.69) is 21.2 Å². The number of fused-ring (bicyclic) bond motifs is 4. The van der Waals surface area contributed by atoms with Crippen LogP contribution in [-0.2, 0) is 19.9 Å². The van der Waals surface area contributed by atoms with Crippen LogP contribution in [0.2, 0.25) is 5.02 Å². The third-order valence-corrected chi connectivity index (χ3v) is 6.98. The van der Waals surface area contributed by atoms with Gasteiger partial charge in [0.2, 0.25) is 11.8 Å². The fourth-order valence-corrected chi connectivity index (χ4v) is 5.82. The van der Waals surface area contributed by atoms with Crippen molar-refractivity contribution < 1.29 is 14.4 Å². The molecule has 0 radical (unpaired) electrons. The molecule has 6 nitrogen and oxygen atoms in total. The minimum atomic E-state index is -1.25. The van der Waals surface area contributed by atoms with Crippen molar-refractivity contribution in [3.63, 3.8) is 0 Å². The van der Waals surface area contributed by atoms with Crippen LogP contribution in [0.4, 0.5) is 11.4 Å². The van der Waals surface area contributed by atoms with Gasteiger partial charge < -0.3 is 4.90 Å². The Morgan fingerprint density at radius 1 is 1.10 bits per heavy atom. The highest BCUT2D eigenvalue weighted by Gasteiger charge is 2.70. The summed E-state index contributed by atoms with van der Waals surface area (Å²) in [6.45, 7) is 2.34. The molecule has 2 aromatic rings. The van der Waals surface area contributed by atoms with Crippen LogP contribution in [-0.4, -0.2) is 35.6 Å². The number of anilines is 2. The summed E-state index contributed by atoms with van der Waals surface area (Å²) in [5, 5.41) is 4.42. The summed E-state index contributed by atoms with van der Waals surface area (Å²) in [5.41, 5.74) is 0.724. The number of carbonyl (C=O) groups is 3. The normalized spacial score (nSPS) is 29.8. The Morgan fingerprint density at radius 3 is 2.60 bits per heavy atom. The van der Waals surface area contributed by atoms with E-state index < -0.39 is 17.4 Å². The van der Waals surface area contributed by atoms with Crippen LogP contribution < -0.4 is 15.1 Å². The highest BCUT2D eigenvalue weighted by Crippen LogP contribution is 2.55. The molecule has 5 rings (SSSR count). The minimum Gasteiger partial charge on any atom is -0.309 e. The number of halogens is 2. The van der Waals surface area contributed by atoms with E-state index in [1.807, 2.05) is 31.2 Å². The molecule has 8 heteroatoms. The Balaban J connectivity index is 1.67. The zero-order chi connectivity index (χ0) is 21.2. The van der Waals surface area contributed by atoms with E-state index in [4.69, 9.17) is 11.6 Å². The minimum absolute atomic E-state index is 0.184. The number of rotatable bonds is 3. The molecule has 3 aliphatic heterocycles. The number of nitrogens with zero attached hydrogens (tertiary/aromatic N) is 2. The quantitative estimate of drug-likeness (QED) is 0.533. The molecule has 30 heavy (non-hydrogen) atoms. The average molecular weight is 489 g/mol. The molecule has 1 N–H and O–H groups in total. The number of alkyl halides is 1. The second-order valence-corrected chi connectivity index (χ2v) is 9.13. The number of nitrogens with one attached hydrogen (secondary N) is 1.